The van der Waals surface area contributed by atoms with Gasteiger partial charge in [-0.15, -0.1) is 0 Å². The van der Waals surface area contributed by atoms with Crippen LogP contribution in [0.15, 0.2) is 77.6 Å². The zero-order chi connectivity index (χ0) is 12.8. The summed E-state index contributed by atoms with van der Waals surface area (Å²) in [5.41, 5.74) is 4.81. The van der Waals surface area contributed by atoms with Crippen molar-refractivity contribution < 1.29 is 0 Å². The molecule has 1 aromatic carbocycles. The molecule has 0 saturated heterocycles. The Bertz CT molecular complexity index is 704. The van der Waals surface area contributed by atoms with Crippen molar-refractivity contribution in [2.75, 3.05) is 5.06 Å². The van der Waals surface area contributed by atoms with Crippen LogP contribution in [0, 0.1) is 11.1 Å². The van der Waals surface area contributed by atoms with E-state index in [0.29, 0.717) is 0 Å². The smallest absolute Gasteiger partial charge is 0.0377 e. The van der Waals surface area contributed by atoms with Gasteiger partial charge in [0.2, 0.25) is 0 Å². The van der Waals surface area contributed by atoms with Gasteiger partial charge in [0.15, 0.2) is 0 Å². The molecule has 1 aromatic rings. The first-order chi connectivity index (χ1) is 9.34. The molecule has 0 fully saturated rings. The average Bonchev–Trinajstić information content (AvgIpc) is 2.47. The van der Waals surface area contributed by atoms with Crippen molar-refractivity contribution in [2.45, 2.75) is 0 Å². The highest BCUT2D eigenvalue weighted by atomic mass is 16.5. The normalized spacial score (nSPS) is 22.9. The maximum Gasteiger partial charge on any atom is 0.0377 e. The molecular formula is C17H12NO-. The van der Waals surface area contributed by atoms with Crippen LogP contribution in [0.2, 0.25) is 0 Å². The summed E-state index contributed by atoms with van der Waals surface area (Å²) in [6.07, 6.45) is 14.4. The molecule has 0 amide bonds. The van der Waals surface area contributed by atoms with Gasteiger partial charge in [0.25, 0.3) is 0 Å². The fraction of sp³-hybridized carbons (Fsp3) is 0.0588. The Morgan fingerprint density at radius 3 is 2.89 bits per heavy atom. The van der Waals surface area contributed by atoms with Gasteiger partial charge in [-0.3, -0.25) is 0 Å². The van der Waals surface area contributed by atoms with E-state index in [1.165, 1.54) is 5.57 Å². The molecule has 1 heterocycles. The quantitative estimate of drug-likeness (QED) is 0.692. The maximum atomic E-state index is 12.5. The van der Waals surface area contributed by atoms with Gasteiger partial charge >= 0.3 is 0 Å². The molecule has 1 unspecified atom stereocenters. The predicted molar refractivity (Wildman–Crippen MR) is 78.2 cm³/mol. The maximum absolute atomic E-state index is 12.5. The number of nitrogens with zero attached hydrogens (tertiary/aromatic N) is 1. The highest BCUT2D eigenvalue weighted by Crippen LogP contribution is 2.42. The number of hydrogen-bond acceptors (Lipinski definition) is 2. The second-order valence-corrected chi connectivity index (χ2v) is 4.89. The first-order valence-electron chi connectivity index (χ1n) is 6.39. The van der Waals surface area contributed by atoms with E-state index in [2.05, 4.69) is 18.2 Å². The number of hydroxylamine groups is 1. The van der Waals surface area contributed by atoms with Gasteiger partial charge in [-0.1, -0.05) is 48.6 Å². The third-order valence-corrected chi connectivity index (χ3v) is 3.81. The van der Waals surface area contributed by atoms with Gasteiger partial charge in [-0.25, -0.2) is 0 Å². The van der Waals surface area contributed by atoms with Crippen LogP contribution in [0.4, 0.5) is 5.69 Å². The number of anilines is 1. The summed E-state index contributed by atoms with van der Waals surface area (Å²) in [5, 5.41) is 13.5. The van der Waals surface area contributed by atoms with Crippen molar-refractivity contribution in [3.63, 3.8) is 0 Å². The van der Waals surface area contributed by atoms with Crippen LogP contribution in [0.1, 0.15) is 5.56 Å². The monoisotopic (exact) mass is 246 g/mol. The Labute approximate surface area is 111 Å². The van der Waals surface area contributed by atoms with Crippen LogP contribution in [0.25, 0.3) is 6.08 Å². The minimum Gasteiger partial charge on any atom is -0.754 e. The molecule has 92 valence electrons. The van der Waals surface area contributed by atoms with Gasteiger partial charge in [-0.05, 0) is 34.9 Å². The summed E-state index contributed by atoms with van der Waals surface area (Å²) in [4.78, 5) is 0. The van der Waals surface area contributed by atoms with Crippen molar-refractivity contribution in [3.05, 3.63) is 88.3 Å². The predicted octanol–water partition coefficient (Wildman–Crippen LogP) is 3.95. The molecule has 2 aliphatic carbocycles. The summed E-state index contributed by atoms with van der Waals surface area (Å²) in [6, 6.07) is 7.72. The van der Waals surface area contributed by atoms with Crippen LogP contribution in [0.5, 0.6) is 0 Å². The number of rotatable bonds is 0. The number of allylic oxidation sites excluding steroid dienone is 8. The lowest BCUT2D eigenvalue weighted by molar-refractivity contribution is 0.891. The summed E-state index contributed by atoms with van der Waals surface area (Å²) in [5.74, 6) is 0.204. The standard InChI is InChI=1S/C17H12NO/c19-18-16-8-4-2-6-13(16)11-15-14-7-3-1-5-12(14)9-10-17(15)18/h1-11,14H/q-1. The van der Waals surface area contributed by atoms with Gasteiger partial charge in [-0.2, -0.15) is 0 Å². The minimum atomic E-state index is 0.204. The van der Waals surface area contributed by atoms with E-state index in [4.69, 9.17) is 0 Å². The highest BCUT2D eigenvalue weighted by Gasteiger charge is 2.26. The van der Waals surface area contributed by atoms with E-state index in [1.807, 2.05) is 48.6 Å². The fourth-order valence-electron chi connectivity index (χ4n) is 2.87. The fourth-order valence-corrected chi connectivity index (χ4v) is 2.87. The zero-order valence-electron chi connectivity index (χ0n) is 10.3. The Kier molecular flexibility index (Phi) is 2.14. The molecule has 0 radical (unpaired) electrons. The second-order valence-electron chi connectivity index (χ2n) is 4.89. The molecule has 4 rings (SSSR count). The van der Waals surface area contributed by atoms with Crippen LogP contribution in [0.3, 0.4) is 0 Å². The molecule has 3 aliphatic rings. The van der Waals surface area contributed by atoms with Crippen LogP contribution in [-0.2, 0) is 0 Å². The Balaban J connectivity index is 1.93. The molecule has 2 heteroatoms. The van der Waals surface area contributed by atoms with Crippen LogP contribution in [-0.4, -0.2) is 0 Å². The van der Waals surface area contributed by atoms with E-state index >= 15 is 0 Å². The lowest BCUT2D eigenvalue weighted by atomic mass is 9.80. The minimum absolute atomic E-state index is 0.204. The highest BCUT2D eigenvalue weighted by molar-refractivity contribution is 5.82. The van der Waals surface area contributed by atoms with Gasteiger partial charge in [0, 0.05) is 17.3 Å². The number of benzene rings is 1. The van der Waals surface area contributed by atoms with Crippen molar-refractivity contribution >= 4 is 11.8 Å². The molecule has 0 bridgehead atoms. The van der Waals surface area contributed by atoms with Gasteiger partial charge in [0.1, 0.15) is 0 Å². The SMILES string of the molecule is [O-]N1C2=CC=C3C=CC=CC3C2=Cc2ccccc21. The Morgan fingerprint density at radius 1 is 1.05 bits per heavy atom. The molecule has 0 saturated carbocycles. The molecule has 2 nitrogen and oxygen atoms in total. The van der Waals surface area contributed by atoms with E-state index in [-0.39, 0.29) is 5.92 Å². The van der Waals surface area contributed by atoms with Gasteiger partial charge < -0.3 is 10.3 Å². The Hall–Kier alpha value is -2.32. The first-order valence-corrected chi connectivity index (χ1v) is 6.39. The molecule has 0 N–H and O–H groups in total. The molecule has 0 aromatic heterocycles. The lowest BCUT2D eigenvalue weighted by Gasteiger charge is -2.42. The molecule has 0 spiro atoms. The largest absolute Gasteiger partial charge is 0.754 e. The average molecular weight is 246 g/mol. The van der Waals surface area contributed by atoms with Crippen molar-refractivity contribution in [1.82, 2.24) is 0 Å². The van der Waals surface area contributed by atoms with E-state index in [9.17, 15) is 5.21 Å². The van der Waals surface area contributed by atoms with E-state index in [1.54, 1.807) is 0 Å². The third-order valence-electron chi connectivity index (χ3n) is 3.81. The first kappa shape index (κ1) is 10.6. The number of para-hydroxylation sites is 1. The van der Waals surface area contributed by atoms with E-state index < -0.39 is 0 Å². The van der Waals surface area contributed by atoms with Crippen molar-refractivity contribution in [3.8, 4) is 0 Å². The summed E-state index contributed by atoms with van der Waals surface area (Å²) in [6.45, 7) is 0. The summed E-state index contributed by atoms with van der Waals surface area (Å²) < 4.78 is 0. The van der Waals surface area contributed by atoms with Crippen molar-refractivity contribution in [2.24, 2.45) is 5.92 Å². The summed E-state index contributed by atoms with van der Waals surface area (Å²) in [7, 11) is 0. The lowest BCUT2D eigenvalue weighted by Crippen LogP contribution is -2.25. The summed E-state index contributed by atoms with van der Waals surface area (Å²) >= 11 is 0. The van der Waals surface area contributed by atoms with Gasteiger partial charge in [0.05, 0.1) is 0 Å². The molecule has 19 heavy (non-hydrogen) atoms. The number of fused-ring (bicyclic) bond motifs is 4. The zero-order valence-corrected chi connectivity index (χ0v) is 10.3. The third kappa shape index (κ3) is 1.47. The van der Waals surface area contributed by atoms with Crippen LogP contribution >= 0.6 is 0 Å². The van der Waals surface area contributed by atoms with E-state index in [0.717, 1.165) is 27.6 Å². The van der Waals surface area contributed by atoms with Crippen LogP contribution < -0.4 is 5.06 Å². The molecular weight excluding hydrogens is 234 g/mol. The topological polar surface area (TPSA) is 26.3 Å². The Morgan fingerprint density at radius 2 is 1.95 bits per heavy atom. The van der Waals surface area contributed by atoms with Crippen molar-refractivity contribution in [1.29, 1.82) is 0 Å². The molecule has 1 aliphatic heterocycles. The number of hydrogen-bond donors (Lipinski definition) is 0. The second kappa shape index (κ2) is 3.84. The molecule has 1 atom stereocenters.